The summed E-state index contributed by atoms with van der Waals surface area (Å²) in [4.78, 5) is 23.4. The quantitative estimate of drug-likeness (QED) is 0.202. The number of unbranched alkanes of at least 4 members (excludes halogenated alkanes) is 3. The first-order valence-electron chi connectivity index (χ1n) is 12.0. The number of aromatic amines is 1. The predicted molar refractivity (Wildman–Crippen MR) is 133 cm³/mol. The van der Waals surface area contributed by atoms with Crippen molar-refractivity contribution in [3.05, 3.63) is 72.1 Å². The van der Waals surface area contributed by atoms with Crippen LogP contribution in [0.4, 0.5) is 0 Å². The molecule has 8 heteroatoms. The van der Waals surface area contributed by atoms with E-state index >= 15 is 0 Å². The highest BCUT2D eigenvalue weighted by Crippen LogP contribution is 2.37. The van der Waals surface area contributed by atoms with Crippen LogP contribution in [0, 0.1) is 0 Å². The van der Waals surface area contributed by atoms with E-state index in [2.05, 4.69) is 17.1 Å². The number of para-hydroxylation sites is 1. The molecule has 1 saturated carbocycles. The summed E-state index contributed by atoms with van der Waals surface area (Å²) < 4.78 is 5.99. The Hall–Kier alpha value is -3.65. The Morgan fingerprint density at radius 2 is 1.86 bits per heavy atom. The zero-order valence-electron chi connectivity index (χ0n) is 20.0. The molecule has 8 nitrogen and oxygen atoms in total. The van der Waals surface area contributed by atoms with Crippen LogP contribution in [0.3, 0.4) is 0 Å². The Bertz CT molecular complexity index is 1050. The van der Waals surface area contributed by atoms with Crippen molar-refractivity contribution < 1.29 is 24.5 Å². The van der Waals surface area contributed by atoms with Gasteiger partial charge in [-0.15, -0.1) is 0 Å². The van der Waals surface area contributed by atoms with Crippen molar-refractivity contribution in [2.45, 2.75) is 57.7 Å². The van der Waals surface area contributed by atoms with E-state index in [9.17, 15) is 9.90 Å². The number of carbonyl (C=O) groups is 2. The molecule has 2 aromatic carbocycles. The summed E-state index contributed by atoms with van der Waals surface area (Å²) in [5, 5.41) is 24.9. The average molecular weight is 480 g/mol. The topological polar surface area (TPSA) is 116 Å². The number of nitrogens with one attached hydrogen (secondary N) is 1. The van der Waals surface area contributed by atoms with E-state index in [4.69, 9.17) is 14.6 Å². The number of amides is 1. The fraction of sp³-hybridized carbons (Fsp3) is 0.370. The molecule has 1 fully saturated rings. The number of carbonyl (C=O) groups excluding carboxylic acids is 1. The first kappa shape index (κ1) is 26.0. The molecule has 1 heterocycles. The molecule has 1 aromatic heterocycles. The number of aliphatic hydroxyl groups excluding tert-OH is 1. The lowest BCUT2D eigenvalue weighted by Crippen LogP contribution is -2.37. The first-order chi connectivity index (χ1) is 17.1. The Morgan fingerprint density at radius 3 is 2.49 bits per heavy atom. The number of nitrogens with zero attached hydrogens (tertiary/aromatic N) is 2. The molecule has 1 aliphatic carbocycles. The third-order valence-corrected chi connectivity index (χ3v) is 5.85. The van der Waals surface area contributed by atoms with E-state index in [-0.39, 0.29) is 18.4 Å². The van der Waals surface area contributed by atoms with Crippen LogP contribution in [0.5, 0.6) is 5.75 Å². The summed E-state index contributed by atoms with van der Waals surface area (Å²) in [7, 11) is 0. The largest absolute Gasteiger partial charge is 0.493 e. The maximum absolute atomic E-state index is 13.4. The number of H-pyrrole nitrogens is 1. The Labute approximate surface area is 205 Å². The van der Waals surface area contributed by atoms with Gasteiger partial charge in [-0.3, -0.25) is 14.7 Å². The molecule has 4 rings (SSSR count). The maximum atomic E-state index is 13.4. The third kappa shape index (κ3) is 7.16. The van der Waals surface area contributed by atoms with Crippen molar-refractivity contribution in [3.63, 3.8) is 0 Å². The van der Waals surface area contributed by atoms with Gasteiger partial charge in [0, 0.05) is 28.9 Å². The molecule has 0 aliphatic heterocycles. The highest BCUT2D eigenvalue weighted by molar-refractivity contribution is 5.95. The summed E-state index contributed by atoms with van der Waals surface area (Å²) in [6.45, 7) is 2.54. The van der Waals surface area contributed by atoms with Crippen molar-refractivity contribution in [2.24, 2.45) is 0 Å². The van der Waals surface area contributed by atoms with Crippen LogP contribution in [0.2, 0.25) is 0 Å². The van der Waals surface area contributed by atoms with Crippen molar-refractivity contribution in [1.82, 2.24) is 15.1 Å². The third-order valence-electron chi connectivity index (χ3n) is 5.85. The van der Waals surface area contributed by atoms with E-state index < -0.39 is 6.23 Å². The van der Waals surface area contributed by atoms with E-state index in [0.29, 0.717) is 23.5 Å². The van der Waals surface area contributed by atoms with Gasteiger partial charge < -0.3 is 19.8 Å². The number of carboxylic acid groups (broad SMARTS) is 1. The molecule has 0 spiro atoms. The van der Waals surface area contributed by atoms with Crippen LogP contribution in [0.25, 0.3) is 11.1 Å². The van der Waals surface area contributed by atoms with Gasteiger partial charge >= 0.3 is 0 Å². The second-order valence-electron chi connectivity index (χ2n) is 8.43. The van der Waals surface area contributed by atoms with E-state index in [1.807, 2.05) is 54.7 Å². The first-order valence-corrected chi connectivity index (χ1v) is 12.0. The summed E-state index contributed by atoms with van der Waals surface area (Å²) in [6, 6.07) is 15.0. The minimum Gasteiger partial charge on any atom is -0.493 e. The molecule has 35 heavy (non-hydrogen) atoms. The zero-order chi connectivity index (χ0) is 25.0. The SMILES string of the molecule is CCCCCCOc1ccccc1C(O)N(C(=O)c1ccc(-c2cn[nH]c2)cc1)C1CC1.O=CO. The highest BCUT2D eigenvalue weighted by atomic mass is 16.5. The van der Waals surface area contributed by atoms with Gasteiger partial charge in [0.05, 0.1) is 12.8 Å². The van der Waals surface area contributed by atoms with Crippen molar-refractivity contribution in [2.75, 3.05) is 6.61 Å². The Kier molecular flexibility index (Phi) is 9.86. The minimum atomic E-state index is -1.05. The molecule has 186 valence electrons. The average Bonchev–Trinajstić information content (AvgIpc) is 3.55. The van der Waals surface area contributed by atoms with Gasteiger partial charge in [0.25, 0.3) is 12.4 Å². The second-order valence-corrected chi connectivity index (χ2v) is 8.43. The van der Waals surface area contributed by atoms with Crippen molar-refractivity contribution in [1.29, 1.82) is 0 Å². The monoisotopic (exact) mass is 479 g/mol. The Morgan fingerprint density at radius 1 is 1.14 bits per heavy atom. The lowest BCUT2D eigenvalue weighted by Gasteiger charge is -2.29. The number of rotatable bonds is 11. The molecule has 1 aliphatic rings. The van der Waals surface area contributed by atoms with E-state index in [1.165, 1.54) is 12.8 Å². The molecule has 1 atom stereocenters. The summed E-state index contributed by atoms with van der Waals surface area (Å²) >= 11 is 0. The van der Waals surface area contributed by atoms with Crippen LogP contribution < -0.4 is 4.74 Å². The van der Waals surface area contributed by atoms with Gasteiger partial charge in [0.15, 0.2) is 6.23 Å². The molecule has 0 bridgehead atoms. The molecule has 0 saturated heterocycles. The van der Waals surface area contributed by atoms with Crippen LogP contribution >= 0.6 is 0 Å². The van der Waals surface area contributed by atoms with Gasteiger partial charge in [-0.1, -0.05) is 56.5 Å². The summed E-state index contributed by atoms with van der Waals surface area (Å²) in [5.74, 6) is 0.474. The number of aromatic nitrogens is 2. The maximum Gasteiger partial charge on any atom is 0.290 e. The second kappa shape index (κ2) is 13.3. The van der Waals surface area contributed by atoms with Gasteiger partial charge in [-0.25, -0.2) is 0 Å². The van der Waals surface area contributed by atoms with Gasteiger partial charge in [-0.2, -0.15) is 5.10 Å². The number of benzene rings is 2. The predicted octanol–water partition coefficient (Wildman–Crippen LogP) is 5.03. The molecule has 1 unspecified atom stereocenters. The van der Waals surface area contributed by atoms with Crippen molar-refractivity contribution in [3.8, 4) is 16.9 Å². The summed E-state index contributed by atoms with van der Waals surface area (Å²) in [6.07, 6.45) is 8.79. The fourth-order valence-electron chi connectivity index (χ4n) is 3.88. The van der Waals surface area contributed by atoms with Gasteiger partial charge in [0.2, 0.25) is 0 Å². The molecule has 3 aromatic rings. The van der Waals surface area contributed by atoms with E-state index in [1.54, 1.807) is 11.1 Å². The normalized spacial score (nSPS) is 13.3. The van der Waals surface area contributed by atoms with E-state index in [0.717, 1.165) is 36.8 Å². The van der Waals surface area contributed by atoms with Crippen LogP contribution in [0.1, 0.15) is 67.6 Å². The highest BCUT2D eigenvalue weighted by Gasteiger charge is 2.38. The van der Waals surface area contributed by atoms with Crippen LogP contribution in [0.15, 0.2) is 60.9 Å². The Balaban J connectivity index is 0.00000108. The standard InChI is InChI=1S/C26H31N3O3.CH2O2/c1-2-3-4-7-16-32-24-9-6-5-8-23(24)26(31)29(22-14-15-22)25(30)20-12-10-19(11-13-20)21-17-27-28-18-21;2-1-3/h5-6,8-13,17-18,22,26,31H,2-4,7,14-16H2,1H3,(H,27,28);1H,(H,2,3). The van der Waals surface area contributed by atoms with Crippen molar-refractivity contribution >= 4 is 12.4 Å². The number of hydrogen-bond donors (Lipinski definition) is 3. The summed E-state index contributed by atoms with van der Waals surface area (Å²) in [5.41, 5.74) is 3.14. The molecular formula is C27H33N3O5. The smallest absolute Gasteiger partial charge is 0.290 e. The lowest BCUT2D eigenvalue weighted by molar-refractivity contribution is -0.122. The number of ether oxygens (including phenoxy) is 1. The van der Waals surface area contributed by atoms with Crippen LogP contribution in [-0.4, -0.2) is 50.3 Å². The number of hydrogen-bond acceptors (Lipinski definition) is 5. The molecule has 1 amide bonds. The molecule has 0 radical (unpaired) electrons. The van der Waals surface area contributed by atoms with Gasteiger partial charge in [0.1, 0.15) is 5.75 Å². The molecular weight excluding hydrogens is 446 g/mol. The van der Waals surface area contributed by atoms with Crippen LogP contribution in [-0.2, 0) is 4.79 Å². The zero-order valence-corrected chi connectivity index (χ0v) is 20.0. The lowest BCUT2D eigenvalue weighted by atomic mass is 10.1. The number of aliphatic hydroxyl groups is 1. The molecule has 3 N–H and O–H groups in total. The fourth-order valence-corrected chi connectivity index (χ4v) is 3.88. The minimum absolute atomic E-state index is 0.0451. The van der Waals surface area contributed by atoms with Gasteiger partial charge in [-0.05, 0) is 43.0 Å².